The Balaban J connectivity index is 2.44. The standard InChI is InChI=1S/C18H19FO3/c1-3-9-22-17-8-7-13(11-16(17)19)15-10-14(18(20)21)6-5-12(15)4-2/h5-8,10-11H,3-4,9H2,1-2H3,(H,20,21). The van der Waals surface area contributed by atoms with Crippen LogP contribution in [0.4, 0.5) is 4.39 Å². The van der Waals surface area contributed by atoms with Gasteiger partial charge in [0.15, 0.2) is 11.6 Å². The van der Waals surface area contributed by atoms with Gasteiger partial charge in [-0.25, -0.2) is 9.18 Å². The van der Waals surface area contributed by atoms with Crippen molar-refractivity contribution in [2.45, 2.75) is 26.7 Å². The van der Waals surface area contributed by atoms with Crippen molar-refractivity contribution >= 4 is 5.97 Å². The van der Waals surface area contributed by atoms with E-state index in [4.69, 9.17) is 9.84 Å². The van der Waals surface area contributed by atoms with Crippen molar-refractivity contribution in [2.24, 2.45) is 0 Å². The minimum atomic E-state index is -0.993. The van der Waals surface area contributed by atoms with Crippen LogP contribution in [0.1, 0.15) is 36.2 Å². The zero-order valence-electron chi connectivity index (χ0n) is 12.7. The number of benzene rings is 2. The fourth-order valence-corrected chi connectivity index (χ4v) is 2.28. The molecule has 0 aliphatic heterocycles. The van der Waals surface area contributed by atoms with Gasteiger partial charge in [0, 0.05) is 0 Å². The molecule has 0 spiro atoms. The van der Waals surface area contributed by atoms with Crippen LogP contribution in [0.25, 0.3) is 11.1 Å². The lowest BCUT2D eigenvalue weighted by Crippen LogP contribution is -2.00. The highest BCUT2D eigenvalue weighted by Gasteiger charge is 2.12. The van der Waals surface area contributed by atoms with Gasteiger partial charge in [0.2, 0.25) is 0 Å². The van der Waals surface area contributed by atoms with Crippen LogP contribution in [0.2, 0.25) is 0 Å². The number of carboxylic acid groups (broad SMARTS) is 1. The van der Waals surface area contributed by atoms with Crippen molar-refractivity contribution in [1.29, 1.82) is 0 Å². The van der Waals surface area contributed by atoms with Crippen LogP contribution in [0, 0.1) is 5.82 Å². The maximum atomic E-state index is 14.1. The molecule has 2 aromatic rings. The zero-order chi connectivity index (χ0) is 16.1. The van der Waals surface area contributed by atoms with Crippen LogP contribution < -0.4 is 4.74 Å². The van der Waals surface area contributed by atoms with Crippen LogP contribution in [-0.4, -0.2) is 17.7 Å². The molecule has 0 saturated heterocycles. The Kier molecular flexibility index (Phi) is 5.15. The Labute approximate surface area is 129 Å². The van der Waals surface area contributed by atoms with Gasteiger partial charge in [0.25, 0.3) is 0 Å². The Hall–Kier alpha value is -2.36. The quantitative estimate of drug-likeness (QED) is 0.852. The second-order valence-corrected chi connectivity index (χ2v) is 5.02. The molecule has 22 heavy (non-hydrogen) atoms. The maximum Gasteiger partial charge on any atom is 0.335 e. The van der Waals surface area contributed by atoms with E-state index in [0.29, 0.717) is 12.2 Å². The molecular formula is C18H19FO3. The molecule has 0 radical (unpaired) electrons. The van der Waals surface area contributed by atoms with E-state index in [2.05, 4.69) is 0 Å². The number of hydrogen-bond donors (Lipinski definition) is 1. The minimum Gasteiger partial charge on any atom is -0.491 e. The lowest BCUT2D eigenvalue weighted by molar-refractivity contribution is 0.0697. The summed E-state index contributed by atoms with van der Waals surface area (Å²) >= 11 is 0. The van der Waals surface area contributed by atoms with E-state index < -0.39 is 11.8 Å². The molecule has 0 atom stereocenters. The number of ether oxygens (including phenoxy) is 1. The van der Waals surface area contributed by atoms with E-state index in [1.165, 1.54) is 6.07 Å². The summed E-state index contributed by atoms with van der Waals surface area (Å²) in [5.41, 5.74) is 2.56. The highest BCUT2D eigenvalue weighted by Crippen LogP contribution is 2.29. The smallest absolute Gasteiger partial charge is 0.335 e. The van der Waals surface area contributed by atoms with Crippen LogP contribution in [-0.2, 0) is 6.42 Å². The van der Waals surface area contributed by atoms with Gasteiger partial charge < -0.3 is 9.84 Å². The summed E-state index contributed by atoms with van der Waals surface area (Å²) in [7, 11) is 0. The second kappa shape index (κ2) is 7.07. The fraction of sp³-hybridized carbons (Fsp3) is 0.278. The normalized spacial score (nSPS) is 10.5. The summed E-state index contributed by atoms with van der Waals surface area (Å²) in [6.07, 6.45) is 1.55. The topological polar surface area (TPSA) is 46.5 Å². The van der Waals surface area contributed by atoms with E-state index in [1.807, 2.05) is 13.8 Å². The largest absolute Gasteiger partial charge is 0.491 e. The third kappa shape index (κ3) is 3.45. The van der Waals surface area contributed by atoms with Crippen LogP contribution in [0.5, 0.6) is 5.75 Å². The molecule has 0 fully saturated rings. The van der Waals surface area contributed by atoms with Crippen molar-refractivity contribution in [2.75, 3.05) is 6.61 Å². The minimum absolute atomic E-state index is 0.193. The van der Waals surface area contributed by atoms with Crippen LogP contribution in [0.15, 0.2) is 36.4 Å². The molecule has 0 bridgehead atoms. The summed E-state index contributed by atoms with van der Waals surface area (Å²) in [5.74, 6) is -1.21. The first-order chi connectivity index (χ1) is 10.6. The molecule has 0 aliphatic carbocycles. The highest BCUT2D eigenvalue weighted by molar-refractivity contribution is 5.90. The van der Waals surface area contributed by atoms with E-state index in [9.17, 15) is 9.18 Å². The highest BCUT2D eigenvalue weighted by atomic mass is 19.1. The van der Waals surface area contributed by atoms with E-state index in [-0.39, 0.29) is 11.3 Å². The fourth-order valence-electron chi connectivity index (χ4n) is 2.28. The predicted molar refractivity (Wildman–Crippen MR) is 84.0 cm³/mol. The van der Waals surface area contributed by atoms with E-state index >= 15 is 0 Å². The SMILES string of the molecule is CCCOc1ccc(-c2cc(C(=O)O)ccc2CC)cc1F. The van der Waals surface area contributed by atoms with E-state index in [0.717, 1.165) is 24.0 Å². The molecule has 0 aliphatic rings. The number of aromatic carboxylic acids is 1. The van der Waals surface area contributed by atoms with Crippen molar-refractivity contribution in [3.8, 4) is 16.9 Å². The molecule has 0 saturated carbocycles. The van der Waals surface area contributed by atoms with Gasteiger partial charge in [-0.2, -0.15) is 0 Å². The van der Waals surface area contributed by atoms with Crippen molar-refractivity contribution in [1.82, 2.24) is 0 Å². The summed E-state index contributed by atoms with van der Waals surface area (Å²) < 4.78 is 19.4. The summed E-state index contributed by atoms with van der Waals surface area (Å²) in [4.78, 5) is 11.1. The van der Waals surface area contributed by atoms with E-state index in [1.54, 1.807) is 30.3 Å². The number of aryl methyl sites for hydroxylation is 1. The Morgan fingerprint density at radius 2 is 1.95 bits per heavy atom. The molecule has 2 aromatic carbocycles. The average Bonchev–Trinajstić information content (AvgIpc) is 2.53. The Morgan fingerprint density at radius 3 is 2.55 bits per heavy atom. The third-order valence-electron chi connectivity index (χ3n) is 3.44. The van der Waals surface area contributed by atoms with Gasteiger partial charge in [0.1, 0.15) is 0 Å². The van der Waals surface area contributed by atoms with Gasteiger partial charge >= 0.3 is 5.97 Å². The summed E-state index contributed by atoms with van der Waals surface area (Å²) in [5, 5.41) is 9.12. The Morgan fingerprint density at radius 1 is 1.18 bits per heavy atom. The van der Waals surface area contributed by atoms with Crippen LogP contribution in [0.3, 0.4) is 0 Å². The number of hydrogen-bond acceptors (Lipinski definition) is 2. The molecule has 4 heteroatoms. The second-order valence-electron chi connectivity index (χ2n) is 5.02. The molecule has 0 amide bonds. The van der Waals surface area contributed by atoms with Crippen molar-refractivity contribution in [3.63, 3.8) is 0 Å². The molecule has 1 N–H and O–H groups in total. The summed E-state index contributed by atoms with van der Waals surface area (Å²) in [6, 6.07) is 9.67. The molecule has 3 nitrogen and oxygen atoms in total. The van der Waals surface area contributed by atoms with Gasteiger partial charge in [-0.15, -0.1) is 0 Å². The molecule has 2 rings (SSSR count). The van der Waals surface area contributed by atoms with Gasteiger partial charge in [-0.3, -0.25) is 0 Å². The lowest BCUT2D eigenvalue weighted by Gasteiger charge is -2.12. The van der Waals surface area contributed by atoms with Gasteiger partial charge in [-0.1, -0.05) is 26.0 Å². The van der Waals surface area contributed by atoms with Crippen LogP contribution >= 0.6 is 0 Å². The number of carbonyl (C=O) groups is 1. The van der Waals surface area contributed by atoms with Gasteiger partial charge in [-0.05, 0) is 53.8 Å². The molecule has 0 heterocycles. The Bertz CT molecular complexity index is 680. The first-order valence-corrected chi connectivity index (χ1v) is 7.35. The first-order valence-electron chi connectivity index (χ1n) is 7.35. The lowest BCUT2D eigenvalue weighted by atomic mass is 9.95. The molecule has 0 aromatic heterocycles. The monoisotopic (exact) mass is 302 g/mol. The zero-order valence-corrected chi connectivity index (χ0v) is 12.7. The molecule has 116 valence electrons. The molecular weight excluding hydrogens is 283 g/mol. The average molecular weight is 302 g/mol. The predicted octanol–water partition coefficient (Wildman–Crippen LogP) is 4.54. The number of carboxylic acids is 1. The number of halogens is 1. The van der Waals surface area contributed by atoms with Gasteiger partial charge in [0.05, 0.1) is 12.2 Å². The molecule has 0 unspecified atom stereocenters. The van der Waals surface area contributed by atoms with Crippen molar-refractivity contribution < 1.29 is 19.0 Å². The first kappa shape index (κ1) is 16.0. The summed E-state index contributed by atoms with van der Waals surface area (Å²) in [6.45, 7) is 4.40. The number of rotatable bonds is 6. The maximum absolute atomic E-state index is 14.1. The van der Waals surface area contributed by atoms with Crippen molar-refractivity contribution in [3.05, 3.63) is 53.3 Å². The third-order valence-corrected chi connectivity index (χ3v) is 3.44.